The van der Waals surface area contributed by atoms with Crippen molar-refractivity contribution in [3.8, 4) is 0 Å². The number of carboxylic acids is 1. The molecule has 0 aliphatic rings. The summed E-state index contributed by atoms with van der Waals surface area (Å²) < 4.78 is 0.955. The van der Waals surface area contributed by atoms with E-state index >= 15 is 0 Å². The zero-order chi connectivity index (χ0) is 21.5. The molecule has 0 aliphatic carbocycles. The minimum atomic E-state index is -1.07. The van der Waals surface area contributed by atoms with Gasteiger partial charge < -0.3 is 10.4 Å². The first-order valence-electron chi connectivity index (χ1n) is 9.49. The Balaban J connectivity index is 1.76. The summed E-state index contributed by atoms with van der Waals surface area (Å²) in [5.41, 5.74) is 2.78. The monoisotopic (exact) mass is 485 g/mol. The molecule has 154 valence electrons. The van der Waals surface area contributed by atoms with Crippen molar-refractivity contribution >= 4 is 39.4 Å². The molecular weight excluding hydrogens is 466 g/mol. The van der Waals surface area contributed by atoms with Gasteiger partial charge in [-0.15, -0.1) is 0 Å². The van der Waals surface area contributed by atoms with E-state index in [0.29, 0.717) is 5.02 Å². The van der Waals surface area contributed by atoms with Gasteiger partial charge in [0.25, 0.3) is 0 Å². The third-order valence-electron chi connectivity index (χ3n) is 4.85. The topological polar surface area (TPSA) is 66.4 Å². The molecule has 2 N–H and O–H groups in total. The van der Waals surface area contributed by atoms with Crippen LogP contribution in [-0.4, -0.2) is 23.0 Å². The normalized spacial score (nSPS) is 12.7. The van der Waals surface area contributed by atoms with Crippen LogP contribution in [0.3, 0.4) is 0 Å². The van der Waals surface area contributed by atoms with Crippen molar-refractivity contribution in [2.24, 2.45) is 0 Å². The van der Waals surface area contributed by atoms with E-state index in [0.717, 1.165) is 21.2 Å². The number of carbonyl (C=O) groups excluding carboxylic acids is 1. The number of rotatable bonds is 8. The summed E-state index contributed by atoms with van der Waals surface area (Å²) in [6.45, 7) is 0. The van der Waals surface area contributed by atoms with E-state index in [1.54, 1.807) is 24.3 Å². The van der Waals surface area contributed by atoms with Crippen molar-refractivity contribution < 1.29 is 14.7 Å². The second-order valence-electron chi connectivity index (χ2n) is 7.01. The maximum Gasteiger partial charge on any atom is 0.326 e. The molecule has 0 spiro atoms. The van der Waals surface area contributed by atoms with Gasteiger partial charge in [-0.25, -0.2) is 4.79 Å². The van der Waals surface area contributed by atoms with Gasteiger partial charge in [0.15, 0.2) is 0 Å². The number of amides is 1. The highest BCUT2D eigenvalue weighted by Gasteiger charge is 2.24. The number of hydrogen-bond donors (Lipinski definition) is 2. The van der Waals surface area contributed by atoms with Crippen LogP contribution in [0.2, 0.25) is 5.02 Å². The Hall–Kier alpha value is -2.63. The van der Waals surface area contributed by atoms with Gasteiger partial charge in [0.1, 0.15) is 6.04 Å². The van der Waals surface area contributed by atoms with Crippen LogP contribution < -0.4 is 5.32 Å². The first-order valence-corrected chi connectivity index (χ1v) is 10.7. The molecule has 0 saturated carbocycles. The Labute approximate surface area is 189 Å². The van der Waals surface area contributed by atoms with E-state index in [9.17, 15) is 14.7 Å². The molecule has 0 aromatic heterocycles. The summed E-state index contributed by atoms with van der Waals surface area (Å²) in [7, 11) is 0. The molecule has 3 rings (SSSR count). The van der Waals surface area contributed by atoms with Gasteiger partial charge in [0.2, 0.25) is 5.91 Å². The van der Waals surface area contributed by atoms with Crippen LogP contribution in [0, 0.1) is 0 Å². The van der Waals surface area contributed by atoms with Crippen LogP contribution in [0.4, 0.5) is 0 Å². The Morgan fingerprint density at radius 3 is 2.10 bits per heavy atom. The lowest BCUT2D eigenvalue weighted by Crippen LogP contribution is -2.42. The van der Waals surface area contributed by atoms with Gasteiger partial charge in [-0.05, 0) is 41.0 Å². The second-order valence-corrected chi connectivity index (χ2v) is 8.36. The van der Waals surface area contributed by atoms with E-state index < -0.39 is 12.0 Å². The lowest BCUT2D eigenvalue weighted by molar-refractivity contribution is -0.141. The summed E-state index contributed by atoms with van der Waals surface area (Å²) in [4.78, 5) is 24.5. The van der Waals surface area contributed by atoms with Crippen LogP contribution >= 0.6 is 27.5 Å². The maximum atomic E-state index is 12.8. The molecule has 0 saturated heterocycles. The molecule has 0 radical (unpaired) electrons. The fourth-order valence-corrected chi connectivity index (χ4v) is 3.69. The van der Waals surface area contributed by atoms with Crippen molar-refractivity contribution in [3.63, 3.8) is 0 Å². The largest absolute Gasteiger partial charge is 0.480 e. The molecule has 4 nitrogen and oxygen atoms in total. The number of hydrogen-bond acceptors (Lipinski definition) is 2. The van der Waals surface area contributed by atoms with E-state index in [1.165, 1.54) is 0 Å². The molecule has 1 amide bonds. The van der Waals surface area contributed by atoms with Crippen molar-refractivity contribution in [2.45, 2.75) is 24.8 Å². The van der Waals surface area contributed by atoms with E-state index in [4.69, 9.17) is 11.6 Å². The molecule has 0 fully saturated rings. The first-order chi connectivity index (χ1) is 14.4. The minimum Gasteiger partial charge on any atom is -0.480 e. The number of halogens is 2. The average Bonchev–Trinajstić information content (AvgIpc) is 2.74. The molecule has 30 heavy (non-hydrogen) atoms. The van der Waals surface area contributed by atoms with Crippen LogP contribution in [0.15, 0.2) is 83.3 Å². The summed E-state index contributed by atoms with van der Waals surface area (Å²) >= 11 is 9.32. The summed E-state index contributed by atoms with van der Waals surface area (Å²) in [5.74, 6) is -1.56. The smallest absolute Gasteiger partial charge is 0.326 e. The van der Waals surface area contributed by atoms with Gasteiger partial charge in [-0.1, -0.05) is 82.1 Å². The lowest BCUT2D eigenvalue weighted by Gasteiger charge is -2.20. The predicted molar refractivity (Wildman–Crippen MR) is 122 cm³/mol. The molecule has 3 aromatic carbocycles. The van der Waals surface area contributed by atoms with Gasteiger partial charge in [0.05, 0.1) is 0 Å². The Kier molecular flexibility index (Phi) is 7.66. The third kappa shape index (κ3) is 6.18. The summed E-state index contributed by atoms with van der Waals surface area (Å²) in [5, 5.41) is 12.8. The highest BCUT2D eigenvalue weighted by Crippen LogP contribution is 2.29. The number of carbonyl (C=O) groups is 2. The lowest BCUT2D eigenvalue weighted by atomic mass is 9.88. The Morgan fingerprint density at radius 1 is 0.900 bits per heavy atom. The molecule has 2 atom stereocenters. The van der Waals surface area contributed by atoms with Gasteiger partial charge in [-0.2, -0.15) is 0 Å². The zero-order valence-corrected chi connectivity index (χ0v) is 18.4. The fourth-order valence-electron chi connectivity index (χ4n) is 3.30. The molecule has 0 bridgehead atoms. The second kappa shape index (κ2) is 10.4. The van der Waals surface area contributed by atoms with Gasteiger partial charge >= 0.3 is 5.97 Å². The maximum absolute atomic E-state index is 12.8. The Morgan fingerprint density at radius 2 is 1.50 bits per heavy atom. The van der Waals surface area contributed by atoms with Crippen molar-refractivity contribution in [3.05, 3.63) is 105 Å². The molecule has 6 heteroatoms. The minimum absolute atomic E-state index is 0.149. The molecule has 2 unspecified atom stereocenters. The summed E-state index contributed by atoms with van der Waals surface area (Å²) in [6.07, 6.45) is 0.336. The zero-order valence-electron chi connectivity index (χ0n) is 16.1. The van der Waals surface area contributed by atoms with Crippen LogP contribution in [-0.2, 0) is 16.0 Å². The number of benzene rings is 3. The Bertz CT molecular complexity index is 991. The molecule has 3 aromatic rings. The highest BCUT2D eigenvalue weighted by molar-refractivity contribution is 9.10. The van der Waals surface area contributed by atoms with Crippen molar-refractivity contribution in [1.29, 1.82) is 0 Å². The fraction of sp³-hybridized carbons (Fsp3) is 0.167. The van der Waals surface area contributed by atoms with E-state index in [-0.39, 0.29) is 24.7 Å². The number of carboxylic acid groups (broad SMARTS) is 1. The molecule has 0 aliphatic heterocycles. The predicted octanol–water partition coefficient (Wildman–Crippen LogP) is 5.44. The first kappa shape index (κ1) is 22.1. The molecule has 0 heterocycles. The standard InChI is InChI=1S/C24H21BrClNO3/c25-19-10-8-18(9-11-19)21(17-4-2-1-3-5-17)15-23(28)27-22(24(29)30)14-16-6-12-20(26)13-7-16/h1-13,21-22H,14-15H2,(H,27,28)(H,29,30). The van der Waals surface area contributed by atoms with E-state index in [2.05, 4.69) is 21.2 Å². The number of nitrogens with one attached hydrogen (secondary N) is 1. The van der Waals surface area contributed by atoms with Gasteiger partial charge in [0, 0.05) is 28.3 Å². The SMILES string of the molecule is O=C(CC(c1ccccc1)c1ccc(Br)cc1)NC(Cc1ccc(Cl)cc1)C(=O)O. The van der Waals surface area contributed by atoms with Crippen molar-refractivity contribution in [2.75, 3.05) is 0 Å². The molecular formula is C24H21BrClNO3. The van der Waals surface area contributed by atoms with Crippen LogP contribution in [0.5, 0.6) is 0 Å². The van der Waals surface area contributed by atoms with Crippen LogP contribution in [0.1, 0.15) is 29.0 Å². The van der Waals surface area contributed by atoms with Gasteiger partial charge in [-0.3, -0.25) is 4.79 Å². The number of aliphatic carboxylic acids is 1. The quantitative estimate of drug-likeness (QED) is 0.446. The van der Waals surface area contributed by atoms with Crippen molar-refractivity contribution in [1.82, 2.24) is 5.32 Å². The third-order valence-corrected chi connectivity index (χ3v) is 5.63. The summed E-state index contributed by atoms with van der Waals surface area (Å²) in [6, 6.07) is 23.5. The average molecular weight is 487 g/mol. The van der Waals surface area contributed by atoms with E-state index in [1.807, 2.05) is 54.6 Å². The highest BCUT2D eigenvalue weighted by atomic mass is 79.9. The van der Waals surface area contributed by atoms with Crippen LogP contribution in [0.25, 0.3) is 0 Å².